The van der Waals surface area contributed by atoms with E-state index in [9.17, 15) is 0 Å². The lowest BCUT2D eigenvalue weighted by Crippen LogP contribution is -2.60. The van der Waals surface area contributed by atoms with Gasteiger partial charge in [-0.1, -0.05) is 18.2 Å². The zero-order valence-electron chi connectivity index (χ0n) is 23.1. The number of benzene rings is 2. The molecule has 2 aromatic carbocycles. The van der Waals surface area contributed by atoms with Crippen LogP contribution in [0.1, 0.15) is 29.5 Å². The molecule has 0 saturated heterocycles. The molecule has 212 valence electrons. The van der Waals surface area contributed by atoms with Crippen molar-refractivity contribution in [3.05, 3.63) is 120 Å². The van der Waals surface area contributed by atoms with Crippen LogP contribution < -0.4 is 11.5 Å². The fourth-order valence-corrected chi connectivity index (χ4v) is 7.02. The van der Waals surface area contributed by atoms with E-state index >= 15 is 8.78 Å². The summed E-state index contributed by atoms with van der Waals surface area (Å²) < 4.78 is 33.1. The van der Waals surface area contributed by atoms with Gasteiger partial charge in [0.15, 0.2) is 0 Å². The summed E-state index contributed by atoms with van der Waals surface area (Å²) >= 11 is 0. The third-order valence-corrected chi connectivity index (χ3v) is 9.21. The van der Waals surface area contributed by atoms with Crippen molar-refractivity contribution in [3.8, 4) is 0 Å². The summed E-state index contributed by atoms with van der Waals surface area (Å²) in [6.07, 6.45) is 11.6. The Hall–Kier alpha value is -4.27. The molecule has 7 rings (SSSR count). The number of halogens is 2. The van der Waals surface area contributed by atoms with E-state index in [1.165, 1.54) is 12.1 Å². The summed E-state index contributed by atoms with van der Waals surface area (Å²) in [5, 5.41) is 1.72. The minimum absolute atomic E-state index is 0.0826. The van der Waals surface area contributed by atoms with E-state index in [4.69, 9.17) is 11.5 Å². The van der Waals surface area contributed by atoms with Gasteiger partial charge in [-0.25, -0.2) is 13.8 Å². The lowest BCUT2D eigenvalue weighted by Gasteiger charge is -2.49. The Morgan fingerprint density at radius 2 is 1.48 bits per heavy atom. The van der Waals surface area contributed by atoms with Crippen molar-refractivity contribution in [2.24, 2.45) is 23.3 Å². The fourth-order valence-electron chi connectivity index (χ4n) is 7.02. The first-order chi connectivity index (χ1) is 20.4. The highest BCUT2D eigenvalue weighted by atomic mass is 19.1. The van der Waals surface area contributed by atoms with Gasteiger partial charge in [0, 0.05) is 65.5 Å². The number of nitrogens with zero attached hydrogens (tertiary/aromatic N) is 4. The Morgan fingerprint density at radius 3 is 2.21 bits per heavy atom. The van der Waals surface area contributed by atoms with Crippen LogP contribution in [0.3, 0.4) is 0 Å². The molecule has 4 atom stereocenters. The van der Waals surface area contributed by atoms with E-state index in [-0.39, 0.29) is 29.5 Å². The normalized spacial score (nSPS) is 22.7. The summed E-state index contributed by atoms with van der Waals surface area (Å²) in [4.78, 5) is 13.2. The molecule has 0 spiro atoms. The Balaban J connectivity index is 1.32. The average Bonchev–Trinajstić information content (AvgIpc) is 3.48. The second-order valence-electron chi connectivity index (χ2n) is 11.8. The smallest absolute Gasteiger partial charge is 0.139 e. The molecule has 0 bridgehead atoms. The summed E-state index contributed by atoms with van der Waals surface area (Å²) in [7, 11) is 0. The Morgan fingerprint density at radius 1 is 0.786 bits per heavy atom. The predicted octanol–water partition coefficient (Wildman–Crippen LogP) is 5.79. The molecule has 42 heavy (non-hydrogen) atoms. The monoisotopic (exact) mass is 562 g/mol. The standard InChI is InChI=1S/C34H32F2N6/c35-28-18-31-21(4-1-9-39-31)14-24(28)17-27-26(16-23-6-3-12-42-13-11-41-33(23)42)30(37)7-8-34(27,38)20-25-15-22-5-2-10-40-32(22)19-29(25)36/h1-6,9-15,18-19,26-27,30H,7-8,16-17,20,37-38H2. The quantitative estimate of drug-likeness (QED) is 0.268. The van der Waals surface area contributed by atoms with Crippen LogP contribution in [-0.4, -0.2) is 30.9 Å². The number of hydrogen-bond acceptors (Lipinski definition) is 5. The van der Waals surface area contributed by atoms with E-state index < -0.39 is 5.54 Å². The molecule has 4 aromatic heterocycles. The highest BCUT2D eigenvalue weighted by Crippen LogP contribution is 2.43. The van der Waals surface area contributed by atoms with Crippen LogP contribution >= 0.6 is 0 Å². The van der Waals surface area contributed by atoms with Gasteiger partial charge < -0.3 is 15.9 Å². The van der Waals surface area contributed by atoms with Crippen LogP contribution in [0.15, 0.2) is 91.6 Å². The summed E-state index contributed by atoms with van der Waals surface area (Å²) in [6.45, 7) is 0. The van der Waals surface area contributed by atoms with Gasteiger partial charge in [0.05, 0.1) is 11.0 Å². The lowest BCUT2D eigenvalue weighted by molar-refractivity contribution is 0.0956. The summed E-state index contributed by atoms with van der Waals surface area (Å²) in [5.74, 6) is -0.967. The average molecular weight is 563 g/mol. The van der Waals surface area contributed by atoms with Crippen LogP contribution in [-0.2, 0) is 19.3 Å². The van der Waals surface area contributed by atoms with Gasteiger partial charge in [-0.15, -0.1) is 0 Å². The van der Waals surface area contributed by atoms with Crippen molar-refractivity contribution >= 4 is 27.5 Å². The number of nitrogens with two attached hydrogens (primary N) is 2. The molecule has 0 aliphatic heterocycles. The Bertz CT molecular complexity index is 1920. The van der Waals surface area contributed by atoms with Crippen molar-refractivity contribution in [1.29, 1.82) is 0 Å². The first-order valence-electron chi connectivity index (χ1n) is 14.4. The van der Waals surface area contributed by atoms with Gasteiger partial charge in [0.2, 0.25) is 0 Å². The number of aromatic nitrogens is 4. The Labute approximate surface area is 242 Å². The molecule has 4 N–H and O–H groups in total. The SMILES string of the molecule is NC1CCC(N)(Cc2cc3cccnc3cc2F)C(Cc2cc3cccnc3cc2F)C1Cc1cccn2ccnc12. The second kappa shape index (κ2) is 10.5. The third kappa shape index (κ3) is 4.80. The maximum Gasteiger partial charge on any atom is 0.139 e. The van der Waals surface area contributed by atoms with Crippen molar-refractivity contribution in [1.82, 2.24) is 19.4 Å². The van der Waals surface area contributed by atoms with Gasteiger partial charge in [0.1, 0.15) is 17.3 Å². The minimum Gasteiger partial charge on any atom is -0.327 e. The van der Waals surface area contributed by atoms with Gasteiger partial charge in [0.25, 0.3) is 0 Å². The van der Waals surface area contributed by atoms with Crippen molar-refractivity contribution in [2.75, 3.05) is 0 Å². The zero-order valence-corrected chi connectivity index (χ0v) is 23.1. The van der Waals surface area contributed by atoms with Crippen LogP contribution in [0, 0.1) is 23.5 Å². The molecule has 8 heteroatoms. The molecule has 4 unspecified atom stereocenters. The Kier molecular flexibility index (Phi) is 6.67. The van der Waals surface area contributed by atoms with Gasteiger partial charge in [-0.2, -0.15) is 0 Å². The van der Waals surface area contributed by atoms with E-state index in [2.05, 4.69) is 21.0 Å². The van der Waals surface area contributed by atoms with Crippen LogP contribution in [0.2, 0.25) is 0 Å². The molecular weight excluding hydrogens is 530 g/mol. The number of imidazole rings is 1. The maximum atomic E-state index is 15.6. The number of pyridine rings is 3. The molecule has 0 radical (unpaired) electrons. The van der Waals surface area contributed by atoms with Gasteiger partial charge in [-0.05, 0) is 91.0 Å². The van der Waals surface area contributed by atoms with E-state index in [1.807, 2.05) is 59.3 Å². The summed E-state index contributed by atoms with van der Waals surface area (Å²) in [6, 6.07) is 18.1. The first kappa shape index (κ1) is 26.6. The molecule has 4 heterocycles. The molecule has 1 fully saturated rings. The number of rotatable bonds is 6. The first-order valence-corrected chi connectivity index (χ1v) is 14.4. The van der Waals surface area contributed by atoms with Crippen molar-refractivity contribution < 1.29 is 8.78 Å². The molecule has 1 aliphatic rings. The van der Waals surface area contributed by atoms with Crippen LogP contribution in [0.4, 0.5) is 8.78 Å². The van der Waals surface area contributed by atoms with Gasteiger partial charge in [-0.3, -0.25) is 9.97 Å². The second-order valence-corrected chi connectivity index (χ2v) is 11.8. The van der Waals surface area contributed by atoms with Crippen molar-refractivity contribution in [2.45, 2.75) is 43.7 Å². The van der Waals surface area contributed by atoms with Gasteiger partial charge >= 0.3 is 0 Å². The predicted molar refractivity (Wildman–Crippen MR) is 161 cm³/mol. The van der Waals surface area contributed by atoms with Crippen LogP contribution in [0.25, 0.3) is 27.5 Å². The highest BCUT2D eigenvalue weighted by Gasteiger charge is 2.46. The molecule has 1 aliphatic carbocycles. The van der Waals surface area contributed by atoms with Crippen LogP contribution in [0.5, 0.6) is 0 Å². The summed E-state index contributed by atoms with van der Waals surface area (Å²) in [5.41, 5.74) is 17.6. The molecule has 6 nitrogen and oxygen atoms in total. The molecular formula is C34H32F2N6. The van der Waals surface area contributed by atoms with Crippen molar-refractivity contribution in [3.63, 3.8) is 0 Å². The lowest BCUT2D eigenvalue weighted by atomic mass is 9.60. The van der Waals surface area contributed by atoms with E-state index in [1.54, 1.807) is 18.6 Å². The number of hydrogen-bond donors (Lipinski definition) is 2. The van der Waals surface area contributed by atoms with E-state index in [0.717, 1.165) is 22.0 Å². The zero-order chi connectivity index (χ0) is 28.8. The number of fused-ring (bicyclic) bond motifs is 3. The maximum absolute atomic E-state index is 15.6. The third-order valence-electron chi connectivity index (χ3n) is 9.21. The molecule has 6 aromatic rings. The van der Waals surface area contributed by atoms with E-state index in [0.29, 0.717) is 54.3 Å². The minimum atomic E-state index is -0.825. The fraction of sp³-hybridized carbons (Fsp3) is 0.265. The highest BCUT2D eigenvalue weighted by molar-refractivity contribution is 5.80. The largest absolute Gasteiger partial charge is 0.327 e. The topological polar surface area (TPSA) is 95.1 Å². The molecule has 1 saturated carbocycles. The molecule has 0 amide bonds.